The van der Waals surface area contributed by atoms with E-state index in [2.05, 4.69) is 15.3 Å². The maximum atomic E-state index is 12.1. The standard InChI is InChI=1S/C17H15N3O2/c1-11-4-3-5-15(19-11)17(21)20-14-8-6-13(7-9-14)16-10-18-12(2)22-16/h3-10H,1-2H3,(H,20,21). The van der Waals surface area contributed by atoms with Crippen LogP contribution in [0, 0.1) is 13.8 Å². The SMILES string of the molecule is Cc1cccc(C(=O)Nc2ccc(-c3cnc(C)o3)cc2)n1. The van der Waals surface area contributed by atoms with Gasteiger partial charge in [0.25, 0.3) is 5.91 Å². The molecule has 1 amide bonds. The van der Waals surface area contributed by atoms with Gasteiger partial charge in [-0.2, -0.15) is 0 Å². The van der Waals surface area contributed by atoms with Gasteiger partial charge in [-0.15, -0.1) is 0 Å². The Labute approximate surface area is 128 Å². The summed E-state index contributed by atoms with van der Waals surface area (Å²) in [6.45, 7) is 3.65. The molecule has 3 rings (SSSR count). The minimum absolute atomic E-state index is 0.230. The number of amides is 1. The molecule has 1 aromatic carbocycles. The summed E-state index contributed by atoms with van der Waals surface area (Å²) >= 11 is 0. The largest absolute Gasteiger partial charge is 0.441 e. The molecule has 2 heterocycles. The van der Waals surface area contributed by atoms with Crippen LogP contribution < -0.4 is 5.32 Å². The fourth-order valence-corrected chi connectivity index (χ4v) is 2.08. The first-order valence-corrected chi connectivity index (χ1v) is 6.90. The van der Waals surface area contributed by atoms with E-state index in [0.717, 1.165) is 11.3 Å². The summed E-state index contributed by atoms with van der Waals surface area (Å²) in [5, 5.41) is 2.82. The number of carbonyl (C=O) groups excluding carboxylic acids is 1. The molecule has 22 heavy (non-hydrogen) atoms. The van der Waals surface area contributed by atoms with E-state index in [-0.39, 0.29) is 5.91 Å². The molecule has 0 saturated heterocycles. The molecule has 5 nitrogen and oxygen atoms in total. The minimum atomic E-state index is -0.230. The molecule has 0 unspecified atom stereocenters. The van der Waals surface area contributed by atoms with E-state index >= 15 is 0 Å². The molecule has 0 spiro atoms. The highest BCUT2D eigenvalue weighted by Crippen LogP contribution is 2.22. The molecule has 0 atom stereocenters. The van der Waals surface area contributed by atoms with Crippen LogP contribution in [-0.2, 0) is 0 Å². The number of benzene rings is 1. The number of hydrogen-bond acceptors (Lipinski definition) is 4. The molecule has 0 bridgehead atoms. The highest BCUT2D eigenvalue weighted by molar-refractivity contribution is 6.02. The molecule has 5 heteroatoms. The Morgan fingerprint density at radius 3 is 2.50 bits per heavy atom. The highest BCUT2D eigenvalue weighted by Gasteiger charge is 2.08. The molecule has 1 N–H and O–H groups in total. The first kappa shape index (κ1) is 14.0. The van der Waals surface area contributed by atoms with Crippen LogP contribution in [0.1, 0.15) is 22.1 Å². The number of rotatable bonds is 3. The quantitative estimate of drug-likeness (QED) is 0.801. The zero-order valence-corrected chi connectivity index (χ0v) is 12.3. The average molecular weight is 293 g/mol. The number of aromatic nitrogens is 2. The molecule has 3 aromatic rings. The molecule has 0 fully saturated rings. The number of nitrogens with zero attached hydrogens (tertiary/aromatic N) is 2. The van der Waals surface area contributed by atoms with Crippen LogP contribution in [0.4, 0.5) is 5.69 Å². The maximum absolute atomic E-state index is 12.1. The van der Waals surface area contributed by atoms with E-state index in [0.29, 0.717) is 23.0 Å². The summed E-state index contributed by atoms with van der Waals surface area (Å²) in [6, 6.07) is 12.7. The number of pyridine rings is 1. The smallest absolute Gasteiger partial charge is 0.274 e. The fraction of sp³-hybridized carbons (Fsp3) is 0.118. The van der Waals surface area contributed by atoms with Crippen LogP contribution in [0.15, 0.2) is 53.1 Å². The van der Waals surface area contributed by atoms with Crippen LogP contribution in [0.25, 0.3) is 11.3 Å². The van der Waals surface area contributed by atoms with Crippen molar-refractivity contribution in [2.24, 2.45) is 0 Å². The Morgan fingerprint density at radius 2 is 1.86 bits per heavy atom. The van der Waals surface area contributed by atoms with Gasteiger partial charge in [0, 0.05) is 23.9 Å². The molecular weight excluding hydrogens is 278 g/mol. The Hall–Kier alpha value is -2.95. The average Bonchev–Trinajstić information content (AvgIpc) is 2.94. The van der Waals surface area contributed by atoms with E-state index < -0.39 is 0 Å². The third kappa shape index (κ3) is 3.03. The number of oxazole rings is 1. The van der Waals surface area contributed by atoms with Crippen molar-refractivity contribution >= 4 is 11.6 Å². The number of hydrogen-bond donors (Lipinski definition) is 1. The van der Waals surface area contributed by atoms with Gasteiger partial charge in [-0.1, -0.05) is 6.07 Å². The molecular formula is C17H15N3O2. The molecule has 0 saturated carbocycles. The Balaban J connectivity index is 1.75. The highest BCUT2D eigenvalue weighted by atomic mass is 16.4. The number of nitrogens with one attached hydrogen (secondary N) is 1. The summed E-state index contributed by atoms with van der Waals surface area (Å²) < 4.78 is 5.46. The lowest BCUT2D eigenvalue weighted by Gasteiger charge is -2.06. The number of carbonyl (C=O) groups is 1. The van der Waals surface area contributed by atoms with Gasteiger partial charge >= 0.3 is 0 Å². The van der Waals surface area contributed by atoms with Crippen molar-refractivity contribution in [2.75, 3.05) is 5.32 Å². The number of aryl methyl sites for hydroxylation is 2. The number of anilines is 1. The third-order valence-corrected chi connectivity index (χ3v) is 3.17. The van der Waals surface area contributed by atoms with Gasteiger partial charge in [-0.05, 0) is 43.3 Å². The second-order valence-electron chi connectivity index (χ2n) is 4.94. The summed E-state index contributed by atoms with van der Waals surface area (Å²) in [4.78, 5) is 20.4. The van der Waals surface area contributed by atoms with Crippen molar-refractivity contribution in [3.8, 4) is 11.3 Å². The third-order valence-electron chi connectivity index (χ3n) is 3.17. The predicted molar refractivity (Wildman–Crippen MR) is 83.6 cm³/mol. The molecule has 0 radical (unpaired) electrons. The van der Waals surface area contributed by atoms with Gasteiger partial charge in [-0.3, -0.25) is 4.79 Å². The van der Waals surface area contributed by atoms with Crippen molar-refractivity contribution in [1.82, 2.24) is 9.97 Å². The van der Waals surface area contributed by atoms with Crippen molar-refractivity contribution < 1.29 is 9.21 Å². The van der Waals surface area contributed by atoms with Crippen LogP contribution in [-0.4, -0.2) is 15.9 Å². The van der Waals surface area contributed by atoms with Gasteiger partial charge in [0.15, 0.2) is 11.7 Å². The van der Waals surface area contributed by atoms with Crippen LogP contribution in [0.3, 0.4) is 0 Å². The molecule has 110 valence electrons. The maximum Gasteiger partial charge on any atom is 0.274 e. The zero-order valence-electron chi connectivity index (χ0n) is 12.3. The summed E-state index contributed by atoms with van der Waals surface area (Å²) in [5.74, 6) is 1.10. The normalized spacial score (nSPS) is 10.5. The molecule has 0 aliphatic heterocycles. The monoisotopic (exact) mass is 293 g/mol. The summed E-state index contributed by atoms with van der Waals surface area (Å²) in [6.07, 6.45) is 1.68. The van der Waals surface area contributed by atoms with E-state index in [1.165, 1.54) is 0 Å². The topological polar surface area (TPSA) is 68.0 Å². The predicted octanol–water partition coefficient (Wildman–Crippen LogP) is 3.61. The van der Waals surface area contributed by atoms with Crippen LogP contribution in [0.5, 0.6) is 0 Å². The Kier molecular flexibility index (Phi) is 3.70. The van der Waals surface area contributed by atoms with Gasteiger partial charge in [0.2, 0.25) is 0 Å². The second-order valence-corrected chi connectivity index (χ2v) is 4.94. The van der Waals surface area contributed by atoms with Gasteiger partial charge in [0.1, 0.15) is 5.69 Å². The van der Waals surface area contributed by atoms with Crippen molar-refractivity contribution in [1.29, 1.82) is 0 Å². The lowest BCUT2D eigenvalue weighted by molar-refractivity contribution is 0.102. The van der Waals surface area contributed by atoms with Gasteiger partial charge in [-0.25, -0.2) is 9.97 Å². The first-order valence-electron chi connectivity index (χ1n) is 6.90. The van der Waals surface area contributed by atoms with Crippen LogP contribution in [0.2, 0.25) is 0 Å². The van der Waals surface area contributed by atoms with E-state index in [4.69, 9.17) is 4.42 Å². The minimum Gasteiger partial charge on any atom is -0.441 e. The van der Waals surface area contributed by atoms with E-state index in [1.807, 2.05) is 43.3 Å². The lowest BCUT2D eigenvalue weighted by atomic mass is 10.1. The zero-order chi connectivity index (χ0) is 15.5. The molecule has 2 aromatic heterocycles. The molecule has 0 aliphatic rings. The van der Waals surface area contributed by atoms with Crippen molar-refractivity contribution in [3.05, 3.63) is 65.9 Å². The lowest BCUT2D eigenvalue weighted by Crippen LogP contribution is -2.13. The summed E-state index contributed by atoms with van der Waals surface area (Å²) in [7, 11) is 0. The summed E-state index contributed by atoms with van der Waals surface area (Å²) in [5.41, 5.74) is 2.82. The van der Waals surface area contributed by atoms with Crippen molar-refractivity contribution in [2.45, 2.75) is 13.8 Å². The fourth-order valence-electron chi connectivity index (χ4n) is 2.08. The van der Waals surface area contributed by atoms with Crippen LogP contribution >= 0.6 is 0 Å². The second kappa shape index (κ2) is 5.81. The van der Waals surface area contributed by atoms with Gasteiger partial charge in [0.05, 0.1) is 6.20 Å². The van der Waals surface area contributed by atoms with E-state index in [9.17, 15) is 4.79 Å². The molecule has 0 aliphatic carbocycles. The van der Waals surface area contributed by atoms with Gasteiger partial charge < -0.3 is 9.73 Å². The van der Waals surface area contributed by atoms with Crippen molar-refractivity contribution in [3.63, 3.8) is 0 Å². The first-order chi connectivity index (χ1) is 10.6. The Morgan fingerprint density at radius 1 is 1.09 bits per heavy atom. The van der Waals surface area contributed by atoms with E-state index in [1.54, 1.807) is 19.2 Å². The Bertz CT molecular complexity index is 807.